The lowest BCUT2D eigenvalue weighted by atomic mass is 10.3. The van der Waals surface area contributed by atoms with E-state index < -0.39 is 17.8 Å². The zero-order valence-electron chi connectivity index (χ0n) is 12.8. The van der Waals surface area contributed by atoms with Gasteiger partial charge in [-0.25, -0.2) is 9.07 Å². The molecule has 0 atom stereocenters. The molecule has 0 aliphatic carbocycles. The third-order valence-electron chi connectivity index (χ3n) is 3.47. The topological polar surface area (TPSA) is 72.9 Å². The zero-order valence-corrected chi connectivity index (χ0v) is 12.8. The number of halogens is 4. The van der Waals surface area contributed by atoms with E-state index in [9.17, 15) is 17.6 Å². The van der Waals surface area contributed by atoms with Crippen molar-refractivity contribution in [1.29, 1.82) is 0 Å². The van der Waals surface area contributed by atoms with Crippen LogP contribution in [0.25, 0.3) is 11.3 Å². The minimum Gasteiger partial charge on any atom is -0.336 e. The van der Waals surface area contributed by atoms with Gasteiger partial charge in [0, 0.05) is 0 Å². The maximum atomic E-state index is 13.8. The molecule has 26 heavy (non-hydrogen) atoms. The van der Waals surface area contributed by atoms with Gasteiger partial charge >= 0.3 is 6.18 Å². The van der Waals surface area contributed by atoms with Crippen molar-refractivity contribution in [2.75, 3.05) is 5.32 Å². The van der Waals surface area contributed by atoms with E-state index >= 15 is 0 Å². The van der Waals surface area contributed by atoms with Crippen molar-refractivity contribution in [3.63, 3.8) is 0 Å². The van der Waals surface area contributed by atoms with Gasteiger partial charge in [0.25, 0.3) is 5.82 Å². The number of fused-ring (bicyclic) bond motifs is 1. The van der Waals surface area contributed by atoms with Crippen LogP contribution in [0.2, 0.25) is 0 Å². The van der Waals surface area contributed by atoms with Crippen LogP contribution in [0.5, 0.6) is 0 Å². The molecular formula is C15H9F4N7. The lowest BCUT2D eigenvalue weighted by Crippen LogP contribution is -2.13. The van der Waals surface area contributed by atoms with Gasteiger partial charge in [-0.15, -0.1) is 15.3 Å². The van der Waals surface area contributed by atoms with E-state index in [1.54, 1.807) is 18.2 Å². The predicted molar refractivity (Wildman–Crippen MR) is 82.6 cm³/mol. The monoisotopic (exact) mass is 363 g/mol. The summed E-state index contributed by atoms with van der Waals surface area (Å²) in [6, 6.07) is 8.85. The molecule has 0 aliphatic rings. The molecule has 11 heteroatoms. The van der Waals surface area contributed by atoms with E-state index in [0.29, 0.717) is 10.2 Å². The van der Waals surface area contributed by atoms with Crippen molar-refractivity contribution in [3.05, 3.63) is 60.4 Å². The standard InChI is InChI=1S/C15H9F4N7/c16-10-3-1-2-4-11(10)25-8-9(7-20-25)21-12-5-6-13-22-23-14(15(17,18)19)26(13)24-12/h1-8H,(H,21,24). The first-order valence-corrected chi connectivity index (χ1v) is 7.28. The number of para-hydroxylation sites is 1. The van der Waals surface area contributed by atoms with Gasteiger partial charge in [0.2, 0.25) is 0 Å². The van der Waals surface area contributed by atoms with E-state index in [1.807, 2.05) is 0 Å². The van der Waals surface area contributed by atoms with E-state index in [1.165, 1.54) is 35.3 Å². The second kappa shape index (κ2) is 5.79. The second-order valence-corrected chi connectivity index (χ2v) is 5.26. The average Bonchev–Trinajstić information content (AvgIpc) is 3.21. The first-order chi connectivity index (χ1) is 12.4. The van der Waals surface area contributed by atoms with Crippen molar-refractivity contribution in [3.8, 4) is 5.69 Å². The van der Waals surface area contributed by atoms with Crippen molar-refractivity contribution in [2.24, 2.45) is 0 Å². The molecule has 3 heterocycles. The number of alkyl halides is 3. The molecule has 0 fully saturated rings. The summed E-state index contributed by atoms with van der Waals surface area (Å²) in [5, 5.41) is 17.2. The Balaban J connectivity index is 1.65. The Kier molecular flexibility index (Phi) is 3.56. The Bertz CT molecular complexity index is 1080. The van der Waals surface area contributed by atoms with Crippen LogP contribution in [0.15, 0.2) is 48.8 Å². The van der Waals surface area contributed by atoms with Gasteiger partial charge in [-0.05, 0) is 24.3 Å². The second-order valence-electron chi connectivity index (χ2n) is 5.26. The van der Waals surface area contributed by atoms with Crippen molar-refractivity contribution in [1.82, 2.24) is 29.6 Å². The van der Waals surface area contributed by atoms with Crippen LogP contribution < -0.4 is 5.32 Å². The smallest absolute Gasteiger partial charge is 0.336 e. The van der Waals surface area contributed by atoms with Crippen molar-refractivity contribution >= 4 is 17.2 Å². The van der Waals surface area contributed by atoms with E-state index in [0.717, 1.165) is 0 Å². The summed E-state index contributed by atoms with van der Waals surface area (Å²) >= 11 is 0. The van der Waals surface area contributed by atoms with Gasteiger partial charge in [0.1, 0.15) is 11.5 Å². The Morgan fingerprint density at radius 3 is 2.58 bits per heavy atom. The number of anilines is 2. The summed E-state index contributed by atoms with van der Waals surface area (Å²) < 4.78 is 54.4. The molecule has 4 aromatic rings. The number of nitrogens with one attached hydrogen (secondary N) is 1. The fourth-order valence-electron chi connectivity index (χ4n) is 2.34. The third-order valence-corrected chi connectivity index (χ3v) is 3.47. The Labute approximate surface area is 142 Å². The average molecular weight is 363 g/mol. The first-order valence-electron chi connectivity index (χ1n) is 7.28. The molecular weight excluding hydrogens is 354 g/mol. The Morgan fingerprint density at radius 2 is 1.81 bits per heavy atom. The Hall–Kier alpha value is -3.50. The van der Waals surface area contributed by atoms with Gasteiger partial charge in [-0.2, -0.15) is 22.8 Å². The summed E-state index contributed by atoms with van der Waals surface area (Å²) in [5.41, 5.74) is 0.619. The molecule has 0 radical (unpaired) electrons. The van der Waals surface area contributed by atoms with E-state index in [4.69, 9.17) is 0 Å². The van der Waals surface area contributed by atoms with E-state index in [2.05, 4.69) is 25.7 Å². The minimum absolute atomic E-state index is 0.0371. The molecule has 7 nitrogen and oxygen atoms in total. The number of benzene rings is 1. The SMILES string of the molecule is Fc1ccccc1-n1cc(Nc2ccc3nnc(C(F)(F)F)n3n2)cn1. The highest BCUT2D eigenvalue weighted by Gasteiger charge is 2.37. The van der Waals surface area contributed by atoms with Crippen LogP contribution in [-0.4, -0.2) is 29.6 Å². The number of aromatic nitrogens is 6. The molecule has 4 rings (SSSR count). The van der Waals surface area contributed by atoms with E-state index in [-0.39, 0.29) is 17.2 Å². The molecule has 132 valence electrons. The molecule has 3 aromatic heterocycles. The lowest BCUT2D eigenvalue weighted by molar-refractivity contribution is -0.146. The van der Waals surface area contributed by atoms with Gasteiger partial charge in [0.15, 0.2) is 11.5 Å². The summed E-state index contributed by atoms with van der Waals surface area (Å²) in [6.07, 6.45) is -1.79. The van der Waals surface area contributed by atoms with Gasteiger partial charge in [-0.1, -0.05) is 12.1 Å². The maximum Gasteiger partial charge on any atom is 0.453 e. The number of nitrogens with zero attached hydrogens (tertiary/aromatic N) is 6. The predicted octanol–water partition coefficient (Wildman–Crippen LogP) is 3.21. The molecule has 1 N–H and O–H groups in total. The fraction of sp³-hybridized carbons (Fsp3) is 0.0667. The number of hydrogen-bond donors (Lipinski definition) is 1. The highest BCUT2D eigenvalue weighted by molar-refractivity contribution is 5.56. The fourth-order valence-corrected chi connectivity index (χ4v) is 2.34. The van der Waals surface area contributed by atoms with Crippen molar-refractivity contribution in [2.45, 2.75) is 6.18 Å². The van der Waals surface area contributed by atoms with Crippen LogP contribution in [0.3, 0.4) is 0 Å². The summed E-state index contributed by atoms with van der Waals surface area (Å²) in [7, 11) is 0. The molecule has 0 saturated carbocycles. The molecule has 0 saturated heterocycles. The molecule has 0 spiro atoms. The van der Waals surface area contributed by atoms with Crippen LogP contribution in [0, 0.1) is 5.82 Å². The van der Waals surface area contributed by atoms with Crippen LogP contribution in [0.1, 0.15) is 5.82 Å². The van der Waals surface area contributed by atoms with Crippen LogP contribution in [0.4, 0.5) is 29.1 Å². The molecule has 0 bridgehead atoms. The summed E-state index contributed by atoms with van der Waals surface area (Å²) in [6.45, 7) is 0. The van der Waals surface area contributed by atoms with Gasteiger partial charge in [0.05, 0.1) is 18.1 Å². The number of rotatable bonds is 3. The van der Waals surface area contributed by atoms with Crippen LogP contribution >= 0.6 is 0 Å². The summed E-state index contributed by atoms with van der Waals surface area (Å²) in [5.74, 6) is -1.56. The molecule has 0 aliphatic heterocycles. The summed E-state index contributed by atoms with van der Waals surface area (Å²) in [4.78, 5) is 0. The largest absolute Gasteiger partial charge is 0.453 e. The van der Waals surface area contributed by atoms with Gasteiger partial charge in [-0.3, -0.25) is 0 Å². The molecule has 0 unspecified atom stereocenters. The molecule has 0 amide bonds. The first kappa shape index (κ1) is 16.0. The highest BCUT2D eigenvalue weighted by atomic mass is 19.4. The highest BCUT2D eigenvalue weighted by Crippen LogP contribution is 2.28. The van der Waals surface area contributed by atoms with Gasteiger partial charge < -0.3 is 5.32 Å². The quantitative estimate of drug-likeness (QED) is 0.566. The minimum atomic E-state index is -4.68. The van der Waals surface area contributed by atoms with Crippen molar-refractivity contribution < 1.29 is 17.6 Å². The third kappa shape index (κ3) is 2.83. The normalized spacial score (nSPS) is 11.8. The zero-order chi connectivity index (χ0) is 18.3. The Morgan fingerprint density at radius 1 is 1.00 bits per heavy atom. The maximum absolute atomic E-state index is 13.8. The lowest BCUT2D eigenvalue weighted by Gasteiger charge is -2.06. The molecule has 1 aromatic carbocycles. The number of hydrogen-bond acceptors (Lipinski definition) is 5. The van der Waals surface area contributed by atoms with Crippen LogP contribution in [-0.2, 0) is 6.18 Å².